The van der Waals surface area contributed by atoms with Crippen LogP contribution >= 0.6 is 0 Å². The fraction of sp³-hybridized carbons (Fsp3) is 0.364. The Bertz CT molecular complexity index is 589. The minimum Gasteiger partial charge on any atom is -0.388 e. The monoisotopic (exact) mass is 310 g/mol. The number of hydrogen-bond acceptors (Lipinski definition) is 1. The van der Waals surface area contributed by atoms with Crippen molar-refractivity contribution in [1.82, 2.24) is 0 Å². The Labute approximate surface area is 142 Å². The molecule has 0 radical (unpaired) electrons. The Morgan fingerprint density at radius 2 is 1.09 bits per heavy atom. The van der Waals surface area contributed by atoms with Crippen LogP contribution in [0.15, 0.2) is 61.7 Å². The van der Waals surface area contributed by atoms with E-state index in [0.717, 1.165) is 0 Å². The molecule has 23 heavy (non-hydrogen) atoms. The van der Waals surface area contributed by atoms with Gasteiger partial charge in [-0.3, -0.25) is 0 Å². The van der Waals surface area contributed by atoms with E-state index in [0.29, 0.717) is 0 Å². The van der Waals surface area contributed by atoms with Crippen molar-refractivity contribution in [2.75, 3.05) is 14.2 Å². The average Bonchev–Trinajstić information content (AvgIpc) is 2.82. The zero-order chi connectivity index (χ0) is 17.7. The van der Waals surface area contributed by atoms with Gasteiger partial charge in [-0.15, -0.1) is 13.2 Å². The van der Waals surface area contributed by atoms with Gasteiger partial charge >= 0.3 is 0 Å². The molecule has 0 bridgehead atoms. The Kier molecular flexibility index (Phi) is 6.35. The third kappa shape index (κ3) is 3.25. The van der Waals surface area contributed by atoms with Gasteiger partial charge in [-0.1, -0.05) is 76.2 Å². The topological polar surface area (TPSA) is 9.23 Å². The Balaban J connectivity index is 0.000000477. The van der Waals surface area contributed by atoms with Gasteiger partial charge in [0.15, 0.2) is 0 Å². The summed E-state index contributed by atoms with van der Waals surface area (Å²) in [4.78, 5) is 0. The van der Waals surface area contributed by atoms with E-state index in [-0.39, 0.29) is 10.8 Å². The van der Waals surface area contributed by atoms with Gasteiger partial charge in [-0.25, -0.2) is 0 Å². The lowest BCUT2D eigenvalue weighted by molar-refractivity contribution is 0.255. The molecule has 124 valence electrons. The summed E-state index contributed by atoms with van der Waals surface area (Å²) in [5.74, 6) is 0. The smallest absolute Gasteiger partial charge is 0.0351 e. The molecule has 2 aromatic rings. The molecule has 0 fully saturated rings. The molecule has 1 heteroatoms. The minimum atomic E-state index is 0.0974. The van der Waals surface area contributed by atoms with Crippen LogP contribution in [-0.2, 0) is 10.2 Å². The number of hydrogen-bond donors (Lipinski definition) is 0. The molecule has 2 aromatic carbocycles. The van der Waals surface area contributed by atoms with Gasteiger partial charge in [-0.05, 0) is 27.7 Å². The summed E-state index contributed by atoms with van der Waals surface area (Å²) < 4.78 is 4.25. The van der Waals surface area contributed by atoms with Gasteiger partial charge in [0.1, 0.15) is 0 Å². The number of rotatable bonds is 0. The van der Waals surface area contributed by atoms with E-state index in [2.05, 4.69) is 94.1 Å². The van der Waals surface area contributed by atoms with E-state index in [9.17, 15) is 0 Å². The van der Waals surface area contributed by atoms with Crippen LogP contribution in [-0.4, -0.2) is 14.2 Å². The summed E-state index contributed by atoms with van der Waals surface area (Å²) in [6.45, 7) is 15.4. The van der Waals surface area contributed by atoms with Crippen LogP contribution in [0, 0.1) is 5.41 Å². The van der Waals surface area contributed by atoms with E-state index >= 15 is 0 Å². The number of methoxy groups -OCH3 is 1. The summed E-state index contributed by atoms with van der Waals surface area (Å²) in [7, 11) is 3.25. The second-order valence-corrected chi connectivity index (χ2v) is 6.87. The van der Waals surface area contributed by atoms with Crippen molar-refractivity contribution >= 4 is 0 Å². The molecule has 0 spiro atoms. The molecular weight excluding hydrogens is 280 g/mol. The van der Waals surface area contributed by atoms with Gasteiger partial charge in [0.05, 0.1) is 0 Å². The summed E-state index contributed by atoms with van der Waals surface area (Å²) >= 11 is 0. The molecule has 0 unspecified atom stereocenters. The van der Waals surface area contributed by atoms with Crippen LogP contribution in [0.25, 0.3) is 11.1 Å². The number of fused-ring (bicyclic) bond motifs is 3. The Morgan fingerprint density at radius 3 is 1.39 bits per heavy atom. The first-order valence-electron chi connectivity index (χ1n) is 7.97. The fourth-order valence-corrected chi connectivity index (χ4v) is 3.26. The van der Waals surface area contributed by atoms with Crippen molar-refractivity contribution in [2.24, 2.45) is 5.41 Å². The second-order valence-electron chi connectivity index (χ2n) is 6.87. The van der Waals surface area contributed by atoms with Gasteiger partial charge in [0.2, 0.25) is 0 Å². The molecule has 1 aliphatic rings. The predicted molar refractivity (Wildman–Crippen MR) is 102 cm³/mol. The molecule has 0 aliphatic heterocycles. The third-order valence-electron chi connectivity index (χ3n) is 4.72. The summed E-state index contributed by atoms with van der Waals surface area (Å²) in [6, 6.07) is 17.7. The van der Waals surface area contributed by atoms with E-state index in [1.165, 1.54) is 22.3 Å². The van der Waals surface area contributed by atoms with Crippen LogP contribution in [0.3, 0.4) is 0 Å². The zero-order valence-corrected chi connectivity index (χ0v) is 15.4. The molecule has 1 aliphatic carbocycles. The maximum Gasteiger partial charge on any atom is 0.0351 e. The van der Waals surface area contributed by atoms with Gasteiger partial charge in [0.25, 0.3) is 0 Å². The quantitative estimate of drug-likeness (QED) is 0.535. The highest BCUT2D eigenvalue weighted by Gasteiger charge is 2.46. The fourth-order valence-electron chi connectivity index (χ4n) is 3.26. The molecule has 1 nitrogen and oxygen atoms in total. The van der Waals surface area contributed by atoms with E-state index in [4.69, 9.17) is 0 Å². The molecule has 0 heterocycles. The predicted octanol–water partition coefficient (Wildman–Crippen LogP) is 6.08. The third-order valence-corrected chi connectivity index (χ3v) is 4.72. The summed E-state index contributed by atoms with van der Waals surface area (Å²) in [5, 5.41) is 0. The lowest BCUT2D eigenvalue weighted by Gasteiger charge is -2.40. The van der Waals surface area contributed by atoms with Gasteiger partial charge in [-0.2, -0.15) is 0 Å². The molecule has 0 amide bonds. The molecule has 0 N–H and O–H groups in total. The van der Waals surface area contributed by atoms with Crippen LogP contribution in [0.2, 0.25) is 0 Å². The van der Waals surface area contributed by atoms with Gasteiger partial charge in [0, 0.05) is 19.6 Å². The standard InChI is InChI=1S/C18H20.C2H6O.C2H4/c1-17(2,3)18(4)15-11-7-5-9-13(15)14-10-6-8-12-16(14)18;1-3-2;1-2/h5-12H,1-4H3;1-2H3;1-2H2. The van der Waals surface area contributed by atoms with Crippen molar-refractivity contribution in [3.8, 4) is 11.1 Å². The number of ether oxygens (including phenoxy) is 1. The first kappa shape index (κ1) is 19.2. The molecule has 3 rings (SSSR count). The molecule has 0 saturated carbocycles. The van der Waals surface area contributed by atoms with Crippen molar-refractivity contribution in [1.29, 1.82) is 0 Å². The Hall–Kier alpha value is -1.86. The van der Waals surface area contributed by atoms with Crippen molar-refractivity contribution in [3.63, 3.8) is 0 Å². The van der Waals surface area contributed by atoms with Crippen LogP contribution in [0.1, 0.15) is 38.8 Å². The van der Waals surface area contributed by atoms with Crippen molar-refractivity contribution in [3.05, 3.63) is 72.8 Å². The lowest BCUT2D eigenvalue weighted by atomic mass is 9.62. The maximum atomic E-state index is 4.25. The highest BCUT2D eigenvalue weighted by atomic mass is 16.4. The highest BCUT2D eigenvalue weighted by molar-refractivity contribution is 5.81. The molecule has 0 saturated heterocycles. The van der Waals surface area contributed by atoms with E-state index in [1.54, 1.807) is 14.2 Å². The minimum absolute atomic E-state index is 0.0974. The SMILES string of the molecule is C=C.CC(C)(C)C1(C)c2ccccc2-c2ccccc21.COC. The Morgan fingerprint density at radius 1 is 0.783 bits per heavy atom. The normalized spacial score (nSPS) is 13.7. The van der Waals surface area contributed by atoms with Gasteiger partial charge < -0.3 is 4.74 Å². The van der Waals surface area contributed by atoms with Crippen molar-refractivity contribution in [2.45, 2.75) is 33.1 Å². The summed E-state index contributed by atoms with van der Waals surface area (Å²) in [6.07, 6.45) is 0. The van der Waals surface area contributed by atoms with Crippen LogP contribution in [0.4, 0.5) is 0 Å². The molecule has 0 aromatic heterocycles. The molecular formula is C22H30O. The van der Waals surface area contributed by atoms with Crippen LogP contribution in [0.5, 0.6) is 0 Å². The second kappa shape index (κ2) is 7.61. The largest absolute Gasteiger partial charge is 0.388 e. The highest BCUT2D eigenvalue weighted by Crippen LogP contribution is 2.56. The first-order chi connectivity index (χ1) is 10.9. The van der Waals surface area contributed by atoms with E-state index < -0.39 is 0 Å². The summed E-state index contributed by atoms with van der Waals surface area (Å²) in [5.41, 5.74) is 6.06. The molecule has 0 atom stereocenters. The maximum absolute atomic E-state index is 4.25. The first-order valence-corrected chi connectivity index (χ1v) is 7.97. The van der Waals surface area contributed by atoms with E-state index in [1.807, 2.05) is 0 Å². The van der Waals surface area contributed by atoms with Crippen molar-refractivity contribution < 1.29 is 4.74 Å². The van der Waals surface area contributed by atoms with Crippen LogP contribution < -0.4 is 0 Å². The number of benzene rings is 2. The zero-order valence-electron chi connectivity index (χ0n) is 15.4. The lowest BCUT2D eigenvalue weighted by Crippen LogP contribution is -2.36. The average molecular weight is 310 g/mol.